The van der Waals surface area contributed by atoms with Crippen LogP contribution in [-0.2, 0) is 19.6 Å². The van der Waals surface area contributed by atoms with Gasteiger partial charge in [-0.15, -0.1) is 0 Å². The topological polar surface area (TPSA) is 105 Å². The molecule has 0 atom stereocenters. The van der Waals surface area contributed by atoms with Crippen LogP contribution in [-0.4, -0.2) is 33.4 Å². The lowest BCUT2D eigenvalue weighted by Crippen LogP contribution is -2.43. The Labute approximate surface area is 192 Å². The molecule has 0 aromatic heterocycles. The maximum absolute atomic E-state index is 12.9. The molecule has 0 radical (unpaired) electrons. The van der Waals surface area contributed by atoms with E-state index in [2.05, 4.69) is 10.0 Å². The molecule has 0 aliphatic carbocycles. The Bertz CT molecular complexity index is 1320. The lowest BCUT2D eigenvalue weighted by atomic mass is 10.1. The van der Waals surface area contributed by atoms with Crippen LogP contribution < -0.4 is 19.7 Å². The minimum absolute atomic E-state index is 0.0525. The van der Waals surface area contributed by atoms with Crippen molar-refractivity contribution in [2.75, 3.05) is 28.1 Å². The molecule has 1 heterocycles. The van der Waals surface area contributed by atoms with E-state index in [-0.39, 0.29) is 23.7 Å². The standard InChI is InChI=1S/C24H23N3O5S/c1-16-8-9-17(2)20(12-16)25-23(28)14-27-21-13-19(10-11-22(21)32-15-24(27)29)33(30,31)26-18-6-4-3-5-7-18/h3-13,26H,14-15H2,1-2H3,(H,25,28). The minimum atomic E-state index is -3.92. The second-order valence-corrected chi connectivity index (χ2v) is 9.42. The number of fused-ring (bicyclic) bond motifs is 1. The predicted octanol–water partition coefficient (Wildman–Crippen LogP) is 3.47. The van der Waals surface area contributed by atoms with Crippen LogP contribution in [0.4, 0.5) is 17.1 Å². The Kier molecular flexibility index (Phi) is 6.06. The summed E-state index contributed by atoms with van der Waals surface area (Å²) >= 11 is 0. The molecule has 1 aliphatic rings. The zero-order valence-corrected chi connectivity index (χ0v) is 19.0. The maximum Gasteiger partial charge on any atom is 0.265 e. The van der Waals surface area contributed by atoms with E-state index < -0.39 is 21.8 Å². The predicted molar refractivity (Wildman–Crippen MR) is 126 cm³/mol. The number of amides is 2. The van der Waals surface area contributed by atoms with E-state index in [1.165, 1.54) is 23.1 Å². The van der Waals surface area contributed by atoms with Gasteiger partial charge in [-0.1, -0.05) is 30.3 Å². The molecule has 9 heteroatoms. The summed E-state index contributed by atoms with van der Waals surface area (Å²) < 4.78 is 33.7. The third-order valence-corrected chi connectivity index (χ3v) is 6.56. The average Bonchev–Trinajstić information content (AvgIpc) is 2.78. The van der Waals surface area contributed by atoms with E-state index in [9.17, 15) is 18.0 Å². The fourth-order valence-electron chi connectivity index (χ4n) is 3.45. The third-order valence-electron chi connectivity index (χ3n) is 5.18. The molecule has 3 aromatic carbocycles. The highest BCUT2D eigenvalue weighted by Crippen LogP contribution is 2.34. The van der Waals surface area contributed by atoms with Gasteiger partial charge in [0.25, 0.3) is 15.9 Å². The van der Waals surface area contributed by atoms with Gasteiger partial charge in [-0.2, -0.15) is 0 Å². The van der Waals surface area contributed by atoms with Crippen molar-refractivity contribution < 1.29 is 22.7 Å². The first-order valence-corrected chi connectivity index (χ1v) is 11.7. The quantitative estimate of drug-likeness (QED) is 0.580. The first kappa shape index (κ1) is 22.3. The molecular formula is C24H23N3O5S. The van der Waals surface area contributed by atoms with Crippen molar-refractivity contribution in [1.82, 2.24) is 0 Å². The summed E-state index contributed by atoms with van der Waals surface area (Å²) in [5, 5.41) is 2.82. The molecule has 0 saturated heterocycles. The number of benzene rings is 3. The van der Waals surface area contributed by atoms with E-state index in [1.807, 2.05) is 32.0 Å². The molecule has 0 spiro atoms. The summed E-state index contributed by atoms with van der Waals surface area (Å²) in [6, 6.07) is 18.4. The van der Waals surface area contributed by atoms with E-state index in [0.717, 1.165) is 11.1 Å². The molecule has 0 fully saturated rings. The number of nitrogens with zero attached hydrogens (tertiary/aromatic N) is 1. The van der Waals surface area contributed by atoms with E-state index in [1.54, 1.807) is 30.3 Å². The fourth-order valence-corrected chi connectivity index (χ4v) is 4.52. The Hall–Kier alpha value is -3.85. The highest BCUT2D eigenvalue weighted by molar-refractivity contribution is 7.92. The zero-order chi connectivity index (χ0) is 23.6. The fraction of sp³-hybridized carbons (Fsp3) is 0.167. The number of sulfonamides is 1. The molecule has 2 N–H and O–H groups in total. The van der Waals surface area contributed by atoms with Crippen molar-refractivity contribution in [3.8, 4) is 5.75 Å². The second kappa shape index (κ2) is 8.95. The van der Waals surface area contributed by atoms with Crippen LogP contribution in [0.3, 0.4) is 0 Å². The smallest absolute Gasteiger partial charge is 0.265 e. The van der Waals surface area contributed by atoms with Gasteiger partial charge in [-0.25, -0.2) is 8.42 Å². The lowest BCUT2D eigenvalue weighted by Gasteiger charge is -2.29. The Morgan fingerprint density at radius 3 is 2.55 bits per heavy atom. The van der Waals surface area contributed by atoms with Crippen molar-refractivity contribution in [1.29, 1.82) is 0 Å². The number of ether oxygens (including phenoxy) is 1. The maximum atomic E-state index is 12.9. The number of aryl methyl sites for hydroxylation is 2. The monoisotopic (exact) mass is 465 g/mol. The molecular weight excluding hydrogens is 442 g/mol. The zero-order valence-electron chi connectivity index (χ0n) is 18.2. The van der Waals surface area contributed by atoms with Crippen molar-refractivity contribution in [3.63, 3.8) is 0 Å². The largest absolute Gasteiger partial charge is 0.482 e. The highest BCUT2D eigenvalue weighted by Gasteiger charge is 2.29. The number of anilines is 3. The third kappa shape index (κ3) is 4.98. The number of nitrogens with one attached hydrogen (secondary N) is 2. The van der Waals surface area contributed by atoms with Gasteiger partial charge in [0.15, 0.2) is 6.61 Å². The molecule has 170 valence electrons. The Balaban J connectivity index is 1.59. The Morgan fingerprint density at radius 1 is 1.03 bits per heavy atom. The van der Waals surface area contributed by atoms with Crippen LogP contribution in [0.1, 0.15) is 11.1 Å². The number of carbonyl (C=O) groups excluding carboxylic acids is 2. The van der Waals surface area contributed by atoms with E-state index >= 15 is 0 Å². The van der Waals surface area contributed by atoms with E-state index in [4.69, 9.17) is 4.74 Å². The number of carbonyl (C=O) groups is 2. The van der Waals surface area contributed by atoms with Gasteiger partial charge < -0.3 is 10.1 Å². The summed E-state index contributed by atoms with van der Waals surface area (Å²) in [4.78, 5) is 26.5. The summed E-state index contributed by atoms with van der Waals surface area (Å²) in [6.45, 7) is 3.28. The normalized spacial score (nSPS) is 13.2. The van der Waals surface area contributed by atoms with Gasteiger partial charge in [-0.05, 0) is 61.4 Å². The first-order chi connectivity index (χ1) is 15.7. The van der Waals surface area contributed by atoms with Gasteiger partial charge >= 0.3 is 0 Å². The first-order valence-electron chi connectivity index (χ1n) is 10.2. The molecule has 1 aliphatic heterocycles. The van der Waals surface area contributed by atoms with Crippen LogP contribution in [0.25, 0.3) is 0 Å². The van der Waals surface area contributed by atoms with Gasteiger partial charge in [0.2, 0.25) is 5.91 Å². The highest BCUT2D eigenvalue weighted by atomic mass is 32.2. The summed E-state index contributed by atoms with van der Waals surface area (Å²) in [5.74, 6) is -0.516. The molecule has 4 rings (SSSR count). The molecule has 0 saturated carbocycles. The molecule has 8 nitrogen and oxygen atoms in total. The van der Waals surface area contributed by atoms with Crippen molar-refractivity contribution in [2.45, 2.75) is 18.7 Å². The van der Waals surface area contributed by atoms with Crippen LogP contribution in [0.15, 0.2) is 71.6 Å². The molecule has 33 heavy (non-hydrogen) atoms. The SMILES string of the molecule is Cc1ccc(C)c(NC(=O)CN2C(=O)COc3ccc(S(=O)(=O)Nc4ccccc4)cc32)c1. The average molecular weight is 466 g/mol. The van der Waals surface area contributed by atoms with Gasteiger partial charge in [0, 0.05) is 11.4 Å². The van der Waals surface area contributed by atoms with Crippen LogP contribution >= 0.6 is 0 Å². The van der Waals surface area contributed by atoms with Crippen molar-refractivity contribution in [3.05, 3.63) is 77.9 Å². The van der Waals surface area contributed by atoms with Crippen molar-refractivity contribution in [2.24, 2.45) is 0 Å². The number of hydrogen-bond donors (Lipinski definition) is 2. The summed E-state index contributed by atoms with van der Waals surface area (Å²) in [7, 11) is -3.92. The number of para-hydroxylation sites is 1. The minimum Gasteiger partial charge on any atom is -0.482 e. The van der Waals surface area contributed by atoms with E-state index in [0.29, 0.717) is 17.1 Å². The second-order valence-electron chi connectivity index (χ2n) is 7.74. The van der Waals surface area contributed by atoms with Gasteiger partial charge in [-0.3, -0.25) is 19.2 Å². The molecule has 2 amide bonds. The van der Waals surface area contributed by atoms with Gasteiger partial charge in [0.1, 0.15) is 12.3 Å². The lowest BCUT2D eigenvalue weighted by molar-refractivity contribution is -0.123. The Morgan fingerprint density at radius 2 is 1.79 bits per heavy atom. The molecule has 0 bridgehead atoms. The van der Waals surface area contributed by atoms with Crippen molar-refractivity contribution >= 4 is 38.9 Å². The molecule has 3 aromatic rings. The molecule has 0 unspecified atom stereocenters. The van der Waals surface area contributed by atoms with Crippen LogP contribution in [0, 0.1) is 13.8 Å². The number of hydrogen-bond acceptors (Lipinski definition) is 5. The van der Waals surface area contributed by atoms with Crippen LogP contribution in [0.2, 0.25) is 0 Å². The van der Waals surface area contributed by atoms with Gasteiger partial charge in [0.05, 0.1) is 10.6 Å². The summed E-state index contributed by atoms with van der Waals surface area (Å²) in [6.07, 6.45) is 0. The van der Waals surface area contributed by atoms with Crippen LogP contribution in [0.5, 0.6) is 5.75 Å². The summed E-state index contributed by atoms with van der Waals surface area (Å²) in [5.41, 5.74) is 3.17. The number of rotatable bonds is 6.